The molecule has 0 bridgehead atoms. The Morgan fingerprint density at radius 1 is 1.29 bits per heavy atom. The first kappa shape index (κ1) is 18.9. The zero-order valence-corrected chi connectivity index (χ0v) is 15.7. The van der Waals surface area contributed by atoms with Gasteiger partial charge in [0.15, 0.2) is 12.3 Å². The van der Waals surface area contributed by atoms with Crippen LogP contribution in [-0.4, -0.2) is 50.8 Å². The minimum Gasteiger partial charge on any atom is -0.335 e. The van der Waals surface area contributed by atoms with Gasteiger partial charge >= 0.3 is 0 Å². The largest absolute Gasteiger partial charge is 0.335 e. The third kappa shape index (κ3) is 3.26. The number of fused-ring (bicyclic) bond motifs is 1. The van der Waals surface area contributed by atoms with Gasteiger partial charge in [0.05, 0.1) is 29.8 Å². The number of hydrogen-bond donors (Lipinski definition) is 0. The lowest BCUT2D eigenvalue weighted by Crippen LogP contribution is -2.35. The lowest BCUT2D eigenvalue weighted by molar-refractivity contribution is -0.131. The van der Waals surface area contributed by atoms with Crippen molar-refractivity contribution in [2.75, 3.05) is 13.1 Å². The molecule has 1 saturated heterocycles. The predicted molar refractivity (Wildman–Crippen MR) is 98.5 cm³/mol. The number of rotatable bonds is 3. The molecule has 146 valence electrons. The summed E-state index contributed by atoms with van der Waals surface area (Å²) in [5.74, 6) is -1.40. The average molecular weight is 429 g/mol. The molecule has 2 atom stereocenters. The molecular weight excluding hydrogens is 417 g/mol. The van der Waals surface area contributed by atoms with Crippen molar-refractivity contribution >= 4 is 39.1 Å². The Balaban J connectivity index is 1.70. The van der Waals surface area contributed by atoms with Crippen molar-refractivity contribution in [3.63, 3.8) is 0 Å². The number of nitrogens with zero attached hydrogens (tertiary/aromatic N) is 4. The molecular formula is C17H12ClF3N4O2S. The molecule has 1 aliphatic rings. The van der Waals surface area contributed by atoms with Gasteiger partial charge in [-0.05, 0) is 6.07 Å². The summed E-state index contributed by atoms with van der Waals surface area (Å²) in [7, 11) is 0. The molecule has 0 aliphatic carbocycles. The van der Waals surface area contributed by atoms with E-state index in [9.17, 15) is 22.8 Å². The van der Waals surface area contributed by atoms with Crippen molar-refractivity contribution in [1.29, 1.82) is 0 Å². The van der Waals surface area contributed by atoms with Crippen LogP contribution in [0.5, 0.6) is 0 Å². The smallest absolute Gasteiger partial charge is 0.263 e. The van der Waals surface area contributed by atoms with Crippen LogP contribution >= 0.6 is 22.9 Å². The number of carbonyl (C=O) groups excluding carboxylic acids is 1. The van der Waals surface area contributed by atoms with Crippen molar-refractivity contribution < 1.29 is 18.0 Å². The molecule has 4 rings (SSSR count). The van der Waals surface area contributed by atoms with E-state index >= 15 is 0 Å². The molecule has 0 spiro atoms. The van der Waals surface area contributed by atoms with Crippen LogP contribution in [-0.2, 0) is 11.3 Å². The molecule has 3 aromatic heterocycles. The Kier molecular flexibility index (Phi) is 4.84. The zero-order chi connectivity index (χ0) is 20.0. The SMILES string of the molecule is O=C(Cn1cnc2scc(-c3cnc(F)c(Cl)c3)c2c1=O)N1CC(F)C(F)C1. The second-order valence-corrected chi connectivity index (χ2v) is 7.60. The maximum atomic E-state index is 13.3. The molecule has 1 fully saturated rings. The second-order valence-electron chi connectivity index (χ2n) is 6.33. The van der Waals surface area contributed by atoms with Gasteiger partial charge in [0.1, 0.15) is 11.4 Å². The van der Waals surface area contributed by atoms with Gasteiger partial charge in [0, 0.05) is 22.7 Å². The van der Waals surface area contributed by atoms with Crippen LogP contribution in [0.25, 0.3) is 21.3 Å². The number of alkyl halides is 2. The van der Waals surface area contributed by atoms with Gasteiger partial charge in [-0.3, -0.25) is 14.2 Å². The summed E-state index contributed by atoms with van der Waals surface area (Å²) in [5.41, 5.74) is 0.395. The highest BCUT2D eigenvalue weighted by molar-refractivity contribution is 7.17. The third-order valence-electron chi connectivity index (χ3n) is 4.51. The topological polar surface area (TPSA) is 68.1 Å². The summed E-state index contributed by atoms with van der Waals surface area (Å²) in [4.78, 5) is 34.4. The third-order valence-corrected chi connectivity index (χ3v) is 5.66. The number of aromatic nitrogens is 3. The number of carbonyl (C=O) groups is 1. The van der Waals surface area contributed by atoms with Gasteiger partial charge in [-0.25, -0.2) is 18.7 Å². The van der Waals surface area contributed by atoms with Gasteiger partial charge in [0.2, 0.25) is 11.9 Å². The standard InChI is InChI=1S/C17H12ClF3N4O2S/c18-10-1-8(2-22-15(10)21)9-6-28-16-14(9)17(27)25(7-23-16)5-13(26)24-3-11(19)12(20)4-24/h1-2,6-7,11-12H,3-5H2. The Morgan fingerprint density at radius 3 is 2.68 bits per heavy atom. The summed E-state index contributed by atoms with van der Waals surface area (Å²) >= 11 is 6.98. The lowest BCUT2D eigenvalue weighted by atomic mass is 10.1. The van der Waals surface area contributed by atoms with Gasteiger partial charge in [-0.15, -0.1) is 11.3 Å². The molecule has 6 nitrogen and oxygen atoms in total. The molecule has 11 heteroatoms. The number of pyridine rings is 1. The van der Waals surface area contributed by atoms with Crippen LogP contribution in [0, 0.1) is 5.95 Å². The van der Waals surface area contributed by atoms with Crippen LogP contribution in [0.2, 0.25) is 5.02 Å². The number of thiophene rings is 1. The van der Waals surface area contributed by atoms with Crippen molar-refractivity contribution in [2.24, 2.45) is 0 Å². The van der Waals surface area contributed by atoms with E-state index < -0.39 is 29.8 Å². The van der Waals surface area contributed by atoms with Gasteiger partial charge in [-0.1, -0.05) is 11.6 Å². The summed E-state index contributed by atoms with van der Waals surface area (Å²) in [6.07, 6.45) is -0.979. The van der Waals surface area contributed by atoms with E-state index in [2.05, 4.69) is 9.97 Å². The van der Waals surface area contributed by atoms with Crippen molar-refractivity contribution in [3.8, 4) is 11.1 Å². The fourth-order valence-electron chi connectivity index (χ4n) is 3.03. The molecule has 1 amide bonds. The Labute approximate surface area is 165 Å². The second kappa shape index (κ2) is 7.17. The fraction of sp³-hybridized carbons (Fsp3) is 0.294. The number of halogens is 4. The van der Waals surface area contributed by atoms with E-state index in [0.29, 0.717) is 16.0 Å². The first-order valence-electron chi connectivity index (χ1n) is 8.19. The molecule has 0 radical (unpaired) electrons. The Morgan fingerprint density at radius 2 is 2.00 bits per heavy atom. The minimum atomic E-state index is -1.72. The van der Waals surface area contributed by atoms with Crippen molar-refractivity contribution in [3.05, 3.63) is 45.3 Å². The molecule has 0 aromatic carbocycles. The normalized spacial score (nSPS) is 19.5. The molecule has 4 heterocycles. The van der Waals surface area contributed by atoms with E-state index in [1.165, 1.54) is 29.9 Å². The Bertz CT molecular complexity index is 1130. The van der Waals surface area contributed by atoms with Crippen LogP contribution in [0.3, 0.4) is 0 Å². The van der Waals surface area contributed by atoms with E-state index in [1.807, 2.05) is 0 Å². The average Bonchev–Trinajstić information content (AvgIpc) is 3.24. The lowest BCUT2D eigenvalue weighted by Gasteiger charge is -2.15. The first-order chi connectivity index (χ1) is 13.3. The highest BCUT2D eigenvalue weighted by Crippen LogP contribution is 2.32. The van der Waals surface area contributed by atoms with Crippen molar-refractivity contribution in [2.45, 2.75) is 18.9 Å². The molecule has 28 heavy (non-hydrogen) atoms. The van der Waals surface area contributed by atoms with Crippen LogP contribution in [0.4, 0.5) is 13.2 Å². The van der Waals surface area contributed by atoms with E-state index in [1.54, 1.807) is 5.38 Å². The summed E-state index contributed by atoms with van der Waals surface area (Å²) in [6, 6.07) is 1.35. The Hall–Kier alpha value is -2.46. The number of amides is 1. The van der Waals surface area contributed by atoms with Crippen LogP contribution < -0.4 is 5.56 Å². The maximum Gasteiger partial charge on any atom is 0.263 e. The number of hydrogen-bond acceptors (Lipinski definition) is 5. The fourth-order valence-corrected chi connectivity index (χ4v) is 4.11. The van der Waals surface area contributed by atoms with Gasteiger partial charge in [-0.2, -0.15) is 4.39 Å². The number of likely N-dealkylation sites (tertiary alicyclic amines) is 1. The minimum absolute atomic E-state index is 0.188. The zero-order valence-electron chi connectivity index (χ0n) is 14.1. The van der Waals surface area contributed by atoms with E-state index in [4.69, 9.17) is 11.6 Å². The maximum absolute atomic E-state index is 13.3. The molecule has 2 unspecified atom stereocenters. The van der Waals surface area contributed by atoms with Crippen LogP contribution in [0.15, 0.2) is 28.8 Å². The molecule has 0 saturated carbocycles. The summed E-state index contributed by atoms with van der Waals surface area (Å²) in [6.45, 7) is -1.07. The highest BCUT2D eigenvalue weighted by Gasteiger charge is 2.35. The molecule has 3 aromatic rings. The quantitative estimate of drug-likeness (QED) is 0.602. The summed E-state index contributed by atoms with van der Waals surface area (Å²) < 4.78 is 41.1. The van der Waals surface area contributed by atoms with E-state index in [-0.39, 0.29) is 30.0 Å². The summed E-state index contributed by atoms with van der Waals surface area (Å²) in [5, 5.41) is 1.71. The first-order valence-corrected chi connectivity index (χ1v) is 9.45. The monoisotopic (exact) mass is 428 g/mol. The van der Waals surface area contributed by atoms with Crippen LogP contribution in [0.1, 0.15) is 0 Å². The highest BCUT2D eigenvalue weighted by atomic mass is 35.5. The predicted octanol–water partition coefficient (Wildman–Crippen LogP) is 2.83. The van der Waals surface area contributed by atoms with E-state index in [0.717, 1.165) is 9.47 Å². The molecule has 1 aliphatic heterocycles. The van der Waals surface area contributed by atoms with Gasteiger partial charge < -0.3 is 4.90 Å². The van der Waals surface area contributed by atoms with Gasteiger partial charge in [0.25, 0.3) is 5.56 Å². The molecule has 0 N–H and O–H groups in total. The van der Waals surface area contributed by atoms with Crippen molar-refractivity contribution in [1.82, 2.24) is 19.4 Å².